The molecule has 1 aromatic rings. The van der Waals surface area contributed by atoms with Crippen molar-refractivity contribution < 1.29 is 19.1 Å². The minimum Gasteiger partial charge on any atom is -0.465 e. The highest BCUT2D eigenvalue weighted by Gasteiger charge is 2.21. The summed E-state index contributed by atoms with van der Waals surface area (Å²) in [7, 11) is 1.24. The van der Waals surface area contributed by atoms with Crippen molar-refractivity contribution in [2.45, 2.75) is 0 Å². The maximum absolute atomic E-state index is 12.1. The molecular formula is C17H12O4. The van der Waals surface area contributed by atoms with Crippen LogP contribution >= 0.6 is 0 Å². The van der Waals surface area contributed by atoms with Gasteiger partial charge in [-0.3, -0.25) is 0 Å². The quantitative estimate of drug-likeness (QED) is 0.483. The second kappa shape index (κ2) is 6.40. The first-order chi connectivity index (χ1) is 10.2. The lowest BCUT2D eigenvalue weighted by Crippen LogP contribution is -2.16. The SMILES string of the molecule is C=Cc1ccc(OC(=O)C2=C(C(=O)OC)C=C=C=C2)cc1. The minimum atomic E-state index is -0.660. The van der Waals surface area contributed by atoms with Gasteiger partial charge in [0.2, 0.25) is 0 Å². The van der Waals surface area contributed by atoms with Crippen LogP contribution in [0.25, 0.3) is 6.08 Å². The Hall–Kier alpha value is -3.06. The fourth-order valence-electron chi connectivity index (χ4n) is 1.66. The number of hydrogen-bond donors (Lipinski definition) is 0. The highest BCUT2D eigenvalue weighted by atomic mass is 16.5. The van der Waals surface area contributed by atoms with Gasteiger partial charge in [0.05, 0.1) is 18.3 Å². The molecule has 4 heteroatoms. The van der Waals surface area contributed by atoms with Crippen molar-refractivity contribution in [3.05, 3.63) is 71.2 Å². The maximum atomic E-state index is 12.1. The predicted molar refractivity (Wildman–Crippen MR) is 77.4 cm³/mol. The van der Waals surface area contributed by atoms with Crippen LogP contribution in [0.4, 0.5) is 0 Å². The molecular weight excluding hydrogens is 268 g/mol. The van der Waals surface area contributed by atoms with Crippen molar-refractivity contribution >= 4 is 18.0 Å². The van der Waals surface area contributed by atoms with Crippen molar-refractivity contribution in [1.82, 2.24) is 0 Å². The van der Waals surface area contributed by atoms with Crippen LogP contribution in [-0.4, -0.2) is 19.0 Å². The Morgan fingerprint density at radius 1 is 1.05 bits per heavy atom. The molecule has 21 heavy (non-hydrogen) atoms. The molecule has 0 saturated heterocycles. The molecule has 1 aliphatic carbocycles. The summed E-state index contributed by atoms with van der Waals surface area (Å²) >= 11 is 0. The molecule has 0 spiro atoms. The minimum absolute atomic E-state index is 0.0772. The summed E-state index contributed by atoms with van der Waals surface area (Å²) in [4.78, 5) is 23.7. The molecule has 0 amide bonds. The van der Waals surface area contributed by atoms with E-state index in [4.69, 9.17) is 4.74 Å². The molecule has 2 rings (SSSR count). The lowest BCUT2D eigenvalue weighted by atomic mass is 10.1. The van der Waals surface area contributed by atoms with E-state index in [2.05, 4.69) is 22.8 Å². The molecule has 104 valence electrons. The summed E-state index contributed by atoms with van der Waals surface area (Å²) in [6.07, 6.45) is 4.36. The smallest absolute Gasteiger partial charge is 0.345 e. The van der Waals surface area contributed by atoms with E-state index in [0.717, 1.165) is 5.56 Å². The van der Waals surface area contributed by atoms with Gasteiger partial charge in [-0.2, -0.15) is 0 Å². The van der Waals surface area contributed by atoms with Gasteiger partial charge in [0, 0.05) is 12.2 Å². The number of methoxy groups -OCH3 is 1. The Bertz CT molecular complexity index is 723. The van der Waals surface area contributed by atoms with Gasteiger partial charge in [-0.1, -0.05) is 36.3 Å². The normalized spacial score (nSPS) is 12.2. The maximum Gasteiger partial charge on any atom is 0.345 e. The number of carbonyl (C=O) groups excluding carboxylic acids is 2. The topological polar surface area (TPSA) is 52.6 Å². The number of ether oxygens (including phenoxy) is 2. The summed E-state index contributed by atoms with van der Waals surface area (Å²) in [5, 5.41) is 0. The van der Waals surface area contributed by atoms with Crippen LogP contribution < -0.4 is 4.74 Å². The third-order valence-corrected chi connectivity index (χ3v) is 2.76. The molecule has 4 nitrogen and oxygen atoms in total. The first-order valence-electron chi connectivity index (χ1n) is 6.10. The zero-order valence-electron chi connectivity index (χ0n) is 11.4. The zero-order valence-corrected chi connectivity index (χ0v) is 11.4. The van der Waals surface area contributed by atoms with Crippen LogP contribution in [-0.2, 0) is 14.3 Å². The van der Waals surface area contributed by atoms with E-state index in [-0.39, 0.29) is 11.1 Å². The van der Waals surface area contributed by atoms with E-state index in [1.165, 1.54) is 19.3 Å². The number of rotatable bonds is 4. The van der Waals surface area contributed by atoms with Crippen molar-refractivity contribution in [2.24, 2.45) is 0 Å². The van der Waals surface area contributed by atoms with E-state index in [9.17, 15) is 9.59 Å². The molecule has 0 radical (unpaired) electrons. The molecule has 0 heterocycles. The largest absolute Gasteiger partial charge is 0.465 e. The van der Waals surface area contributed by atoms with Gasteiger partial charge < -0.3 is 9.47 Å². The average molecular weight is 280 g/mol. The van der Waals surface area contributed by atoms with Gasteiger partial charge in [0.1, 0.15) is 5.75 Å². The Balaban J connectivity index is 2.24. The first-order valence-corrected chi connectivity index (χ1v) is 6.10. The Kier molecular flexibility index (Phi) is 4.37. The molecule has 0 fully saturated rings. The third kappa shape index (κ3) is 3.28. The number of carbonyl (C=O) groups is 2. The predicted octanol–water partition coefficient (Wildman–Crippen LogP) is 2.58. The summed E-state index contributed by atoms with van der Waals surface area (Å²) in [6, 6.07) is 6.82. The van der Waals surface area contributed by atoms with Crippen LogP contribution in [0.1, 0.15) is 5.56 Å². The number of esters is 2. The number of benzene rings is 1. The molecule has 0 unspecified atom stereocenters. The van der Waals surface area contributed by atoms with Crippen LogP contribution in [0.3, 0.4) is 0 Å². The first kappa shape index (κ1) is 14.4. The molecule has 1 aromatic carbocycles. The van der Waals surface area contributed by atoms with Gasteiger partial charge in [0.15, 0.2) is 0 Å². The summed E-state index contributed by atoms with van der Waals surface area (Å²) in [5.74, 6) is -0.921. The monoisotopic (exact) mass is 280 g/mol. The van der Waals surface area contributed by atoms with Crippen LogP contribution in [0.15, 0.2) is 65.6 Å². The lowest BCUT2D eigenvalue weighted by Gasteiger charge is -2.08. The molecule has 0 atom stereocenters. The standard InChI is InChI=1S/C17H12O4/c1-3-12-8-10-13(11-9-12)21-17(19)15-7-5-4-6-14(15)16(18)20-2/h3,6-11H,1H2,2H3. The number of hydrogen-bond acceptors (Lipinski definition) is 4. The molecule has 0 N–H and O–H groups in total. The second-order valence-corrected chi connectivity index (χ2v) is 4.06. The summed E-state index contributed by atoms with van der Waals surface area (Å²) < 4.78 is 9.84. The Morgan fingerprint density at radius 2 is 1.62 bits per heavy atom. The van der Waals surface area contributed by atoms with Crippen LogP contribution in [0, 0.1) is 0 Å². The second-order valence-electron chi connectivity index (χ2n) is 4.06. The molecule has 0 bridgehead atoms. The fraction of sp³-hybridized carbons (Fsp3) is 0.0588. The van der Waals surface area contributed by atoms with E-state index in [0.29, 0.717) is 5.75 Å². The van der Waals surface area contributed by atoms with E-state index >= 15 is 0 Å². The fourth-order valence-corrected chi connectivity index (χ4v) is 1.66. The average Bonchev–Trinajstić information content (AvgIpc) is 2.54. The summed E-state index contributed by atoms with van der Waals surface area (Å²) in [6.45, 7) is 3.64. The molecule has 0 aromatic heterocycles. The van der Waals surface area contributed by atoms with Crippen molar-refractivity contribution in [3.8, 4) is 5.75 Å². The molecule has 1 aliphatic rings. The van der Waals surface area contributed by atoms with Gasteiger partial charge in [-0.15, -0.1) is 0 Å². The van der Waals surface area contributed by atoms with Crippen LogP contribution in [0.2, 0.25) is 0 Å². The Morgan fingerprint density at radius 3 is 2.14 bits per heavy atom. The van der Waals surface area contributed by atoms with Crippen molar-refractivity contribution in [2.75, 3.05) is 7.11 Å². The van der Waals surface area contributed by atoms with Crippen LogP contribution in [0.5, 0.6) is 5.75 Å². The van der Waals surface area contributed by atoms with E-state index in [1.807, 2.05) is 0 Å². The molecule has 0 saturated carbocycles. The van der Waals surface area contributed by atoms with E-state index < -0.39 is 11.9 Å². The van der Waals surface area contributed by atoms with Gasteiger partial charge in [0.25, 0.3) is 0 Å². The highest BCUT2D eigenvalue weighted by molar-refractivity contribution is 6.05. The van der Waals surface area contributed by atoms with Gasteiger partial charge >= 0.3 is 11.9 Å². The zero-order chi connectivity index (χ0) is 15.2. The Labute approximate surface area is 122 Å². The van der Waals surface area contributed by atoms with Crippen molar-refractivity contribution in [3.63, 3.8) is 0 Å². The van der Waals surface area contributed by atoms with E-state index in [1.54, 1.807) is 30.3 Å². The summed E-state index contributed by atoms with van der Waals surface area (Å²) in [5.41, 5.74) is 6.30. The lowest BCUT2D eigenvalue weighted by molar-refractivity contribution is -0.137. The van der Waals surface area contributed by atoms with Gasteiger partial charge in [-0.25, -0.2) is 9.59 Å². The van der Waals surface area contributed by atoms with Crippen molar-refractivity contribution in [1.29, 1.82) is 0 Å². The third-order valence-electron chi connectivity index (χ3n) is 2.76. The van der Waals surface area contributed by atoms with Gasteiger partial charge in [-0.05, 0) is 17.7 Å². The molecule has 0 aliphatic heterocycles. The highest BCUT2D eigenvalue weighted by Crippen LogP contribution is 2.18.